The highest BCUT2D eigenvalue weighted by Gasteiger charge is 2.14. The number of allylic oxidation sites excluding steroid dienone is 4. The monoisotopic (exact) mass is 606 g/mol. The molecule has 0 heterocycles. The summed E-state index contributed by atoms with van der Waals surface area (Å²) in [6.07, 6.45) is 37.5. The molecule has 1 amide bonds. The molecule has 0 bridgehead atoms. The quantitative estimate of drug-likeness (QED) is 0.0452. The van der Waals surface area contributed by atoms with Crippen molar-refractivity contribution >= 4 is 17.8 Å². The fourth-order valence-electron chi connectivity index (χ4n) is 5.19. The lowest BCUT2D eigenvalue weighted by Crippen LogP contribution is -2.28. The van der Waals surface area contributed by atoms with Crippen LogP contribution in [0.15, 0.2) is 24.3 Å². The van der Waals surface area contributed by atoms with Gasteiger partial charge in [-0.25, -0.2) is 0 Å². The number of esters is 1. The first kappa shape index (κ1) is 40.9. The lowest BCUT2D eigenvalue weighted by molar-refractivity contribution is -0.150. The molecule has 43 heavy (non-hydrogen) atoms. The smallest absolute Gasteiger partial charge is 0.322 e. The predicted molar refractivity (Wildman–Crippen MR) is 180 cm³/mol. The van der Waals surface area contributed by atoms with Gasteiger partial charge < -0.3 is 15.2 Å². The molecule has 0 spiro atoms. The Bertz CT molecular complexity index is 718. The average Bonchev–Trinajstić information content (AvgIpc) is 2.99. The number of ether oxygens (including phenoxy) is 1. The van der Waals surface area contributed by atoms with Crippen molar-refractivity contribution < 1.29 is 24.2 Å². The van der Waals surface area contributed by atoms with Crippen LogP contribution in [-0.2, 0) is 19.1 Å². The van der Waals surface area contributed by atoms with Gasteiger partial charge in [0.15, 0.2) is 0 Å². The maximum absolute atomic E-state index is 12.5. The second-order valence-corrected chi connectivity index (χ2v) is 12.1. The van der Waals surface area contributed by atoms with E-state index in [1.54, 1.807) is 0 Å². The van der Waals surface area contributed by atoms with E-state index in [1.807, 2.05) is 0 Å². The predicted octanol–water partition coefficient (Wildman–Crippen LogP) is 10.4. The Labute approximate surface area is 264 Å². The van der Waals surface area contributed by atoms with Crippen molar-refractivity contribution in [1.82, 2.24) is 5.32 Å². The van der Waals surface area contributed by atoms with Gasteiger partial charge in [0.05, 0.1) is 0 Å². The normalized spacial score (nSPS) is 12.2. The van der Waals surface area contributed by atoms with Crippen molar-refractivity contribution in [3.63, 3.8) is 0 Å². The van der Waals surface area contributed by atoms with Gasteiger partial charge in [-0.2, -0.15) is 0 Å². The summed E-state index contributed by atoms with van der Waals surface area (Å²) in [5.41, 5.74) is 0. The van der Waals surface area contributed by atoms with Crippen LogP contribution >= 0.6 is 0 Å². The first-order valence-electron chi connectivity index (χ1n) is 18.0. The molecule has 0 radical (unpaired) electrons. The summed E-state index contributed by atoms with van der Waals surface area (Å²) in [6, 6.07) is 0. The number of rotatable bonds is 32. The lowest BCUT2D eigenvalue weighted by atomic mass is 10.0. The van der Waals surface area contributed by atoms with Crippen molar-refractivity contribution in [1.29, 1.82) is 0 Å². The number of nitrogens with one attached hydrogen (secondary N) is 1. The van der Waals surface area contributed by atoms with Crippen LogP contribution in [-0.4, -0.2) is 35.6 Å². The molecular weight excluding hydrogens is 538 g/mol. The van der Waals surface area contributed by atoms with E-state index >= 15 is 0 Å². The molecular formula is C37H67NO5. The molecule has 0 aromatic heterocycles. The third-order valence-electron chi connectivity index (χ3n) is 7.88. The van der Waals surface area contributed by atoms with Crippen LogP contribution in [0.3, 0.4) is 0 Å². The number of carbonyl (C=O) groups is 3. The third-order valence-corrected chi connectivity index (χ3v) is 7.88. The van der Waals surface area contributed by atoms with Crippen LogP contribution < -0.4 is 5.32 Å². The molecule has 1 atom stereocenters. The Balaban J connectivity index is 3.83. The van der Waals surface area contributed by atoms with E-state index in [1.165, 1.54) is 96.3 Å². The molecule has 2 N–H and O–H groups in total. The fraction of sp³-hybridized carbons (Fsp3) is 0.811. The number of hydrogen-bond acceptors (Lipinski definition) is 4. The molecule has 0 fully saturated rings. The summed E-state index contributed by atoms with van der Waals surface area (Å²) < 4.78 is 5.87. The summed E-state index contributed by atoms with van der Waals surface area (Å²) in [6.45, 7) is 4.11. The second kappa shape index (κ2) is 32.8. The zero-order valence-corrected chi connectivity index (χ0v) is 28.1. The highest BCUT2D eigenvalue weighted by Crippen LogP contribution is 2.18. The third kappa shape index (κ3) is 32.6. The number of amides is 1. The van der Waals surface area contributed by atoms with E-state index in [9.17, 15) is 14.4 Å². The molecule has 0 aliphatic heterocycles. The molecule has 0 aliphatic rings. The highest BCUT2D eigenvalue weighted by molar-refractivity contribution is 5.80. The Morgan fingerprint density at radius 3 is 1.65 bits per heavy atom. The number of carbonyl (C=O) groups excluding carboxylic acids is 2. The Morgan fingerprint density at radius 1 is 0.605 bits per heavy atom. The number of unbranched alkanes of at least 4 members (excludes halogenated alkanes) is 17. The summed E-state index contributed by atoms with van der Waals surface area (Å²) in [7, 11) is 0. The lowest BCUT2D eigenvalue weighted by Gasteiger charge is -2.18. The first-order valence-corrected chi connectivity index (χ1v) is 18.0. The zero-order chi connectivity index (χ0) is 31.6. The molecule has 0 aromatic rings. The van der Waals surface area contributed by atoms with E-state index in [0.29, 0.717) is 12.8 Å². The first-order chi connectivity index (χ1) is 21.0. The summed E-state index contributed by atoms with van der Waals surface area (Å²) >= 11 is 0. The summed E-state index contributed by atoms with van der Waals surface area (Å²) in [5, 5.41) is 11.0. The van der Waals surface area contributed by atoms with Crippen LogP contribution in [0.5, 0.6) is 0 Å². The van der Waals surface area contributed by atoms with Gasteiger partial charge in [-0.1, -0.05) is 122 Å². The molecule has 6 nitrogen and oxygen atoms in total. The van der Waals surface area contributed by atoms with E-state index in [0.717, 1.165) is 57.8 Å². The Kier molecular flexibility index (Phi) is 31.2. The molecule has 6 heteroatoms. The van der Waals surface area contributed by atoms with Gasteiger partial charge in [-0.15, -0.1) is 0 Å². The molecule has 250 valence electrons. The Hall–Kier alpha value is -2.11. The molecule has 1 unspecified atom stereocenters. The number of hydrogen-bond donors (Lipinski definition) is 2. The minimum atomic E-state index is -1.03. The SMILES string of the molecule is CCCCC/C=C\C/C=C\CCCCCCCCCCCC(=O)OC(CCCCCC)CCCCCC(=O)NCC(=O)O. The maximum Gasteiger partial charge on any atom is 0.322 e. The molecule has 0 saturated carbocycles. The van der Waals surface area contributed by atoms with Crippen LogP contribution in [0.4, 0.5) is 0 Å². The van der Waals surface area contributed by atoms with E-state index in [-0.39, 0.29) is 24.5 Å². The van der Waals surface area contributed by atoms with Crippen molar-refractivity contribution in [2.24, 2.45) is 0 Å². The van der Waals surface area contributed by atoms with Gasteiger partial charge in [0.1, 0.15) is 12.6 Å². The minimum absolute atomic E-state index is 0.0298. The number of aliphatic carboxylic acids is 1. The van der Waals surface area contributed by atoms with Crippen molar-refractivity contribution in [3.05, 3.63) is 24.3 Å². The van der Waals surface area contributed by atoms with Crippen LogP contribution in [0, 0.1) is 0 Å². The molecule has 0 saturated heterocycles. The minimum Gasteiger partial charge on any atom is -0.480 e. The summed E-state index contributed by atoms with van der Waals surface area (Å²) in [4.78, 5) is 34.7. The molecule has 0 aromatic carbocycles. The zero-order valence-electron chi connectivity index (χ0n) is 28.1. The van der Waals surface area contributed by atoms with Crippen LogP contribution in [0.25, 0.3) is 0 Å². The Morgan fingerprint density at radius 2 is 1.07 bits per heavy atom. The van der Waals surface area contributed by atoms with Crippen LogP contribution in [0.2, 0.25) is 0 Å². The van der Waals surface area contributed by atoms with Gasteiger partial charge in [0, 0.05) is 12.8 Å². The number of carboxylic acids is 1. The second-order valence-electron chi connectivity index (χ2n) is 12.1. The van der Waals surface area contributed by atoms with Gasteiger partial charge >= 0.3 is 11.9 Å². The topological polar surface area (TPSA) is 92.7 Å². The van der Waals surface area contributed by atoms with E-state index in [4.69, 9.17) is 9.84 Å². The van der Waals surface area contributed by atoms with E-state index < -0.39 is 5.97 Å². The number of carboxylic acid groups (broad SMARTS) is 1. The fourth-order valence-corrected chi connectivity index (χ4v) is 5.19. The molecule has 0 aliphatic carbocycles. The summed E-state index contributed by atoms with van der Waals surface area (Å²) in [5.74, 6) is -1.32. The van der Waals surface area contributed by atoms with Crippen molar-refractivity contribution in [2.45, 2.75) is 187 Å². The molecule has 0 rings (SSSR count). The standard InChI is InChI=1S/C37H67NO5/c1-3-5-7-9-10-11-12-13-14-15-16-17-18-19-20-21-22-23-28-32-37(42)43-34(29-25-8-6-4-2)30-26-24-27-31-35(39)38-33-36(40)41/h10-11,13-14,34H,3-9,12,15-33H2,1-2H3,(H,38,39)(H,40,41)/b11-10-,14-13-. The van der Waals surface area contributed by atoms with E-state index in [2.05, 4.69) is 43.5 Å². The maximum atomic E-state index is 12.5. The van der Waals surface area contributed by atoms with Gasteiger partial charge in [0.25, 0.3) is 0 Å². The largest absolute Gasteiger partial charge is 0.480 e. The van der Waals surface area contributed by atoms with Crippen molar-refractivity contribution in [3.8, 4) is 0 Å². The van der Waals surface area contributed by atoms with Crippen molar-refractivity contribution in [2.75, 3.05) is 6.54 Å². The van der Waals surface area contributed by atoms with Gasteiger partial charge in [-0.05, 0) is 70.6 Å². The van der Waals surface area contributed by atoms with Gasteiger partial charge in [0.2, 0.25) is 5.91 Å². The van der Waals surface area contributed by atoms with Gasteiger partial charge in [-0.3, -0.25) is 14.4 Å². The van der Waals surface area contributed by atoms with Crippen LogP contribution in [0.1, 0.15) is 181 Å². The average molecular weight is 606 g/mol. The highest BCUT2D eigenvalue weighted by atomic mass is 16.5.